The van der Waals surface area contributed by atoms with Crippen molar-refractivity contribution >= 4 is 16.9 Å². The van der Waals surface area contributed by atoms with Crippen molar-refractivity contribution in [3.63, 3.8) is 0 Å². The van der Waals surface area contributed by atoms with Gasteiger partial charge in [0.15, 0.2) is 0 Å². The molecule has 0 aliphatic carbocycles. The van der Waals surface area contributed by atoms with E-state index in [4.69, 9.17) is 4.42 Å². The van der Waals surface area contributed by atoms with Gasteiger partial charge in [-0.2, -0.15) is 0 Å². The highest BCUT2D eigenvalue weighted by Gasteiger charge is 2.24. The van der Waals surface area contributed by atoms with Crippen LogP contribution < -0.4 is 5.63 Å². The lowest BCUT2D eigenvalue weighted by Crippen LogP contribution is -2.14. The summed E-state index contributed by atoms with van der Waals surface area (Å²) >= 11 is 0. The summed E-state index contributed by atoms with van der Waals surface area (Å²) in [6.45, 7) is 1.67. The maximum atomic E-state index is 12.3. The number of rotatable bonds is 3. The van der Waals surface area contributed by atoms with E-state index in [0.29, 0.717) is 10.9 Å². The van der Waals surface area contributed by atoms with E-state index >= 15 is 0 Å². The van der Waals surface area contributed by atoms with Crippen LogP contribution in [0.5, 0.6) is 5.75 Å². The number of carbonyl (C=O) groups is 1. The Hall–Kier alpha value is -3.08. The first-order chi connectivity index (χ1) is 11.0. The minimum atomic E-state index is -1.09. The number of carboxylic acid groups (broad SMARTS) is 1. The predicted molar refractivity (Wildman–Crippen MR) is 85.1 cm³/mol. The molecule has 23 heavy (non-hydrogen) atoms. The van der Waals surface area contributed by atoms with Crippen molar-refractivity contribution in [1.82, 2.24) is 0 Å². The molecule has 0 saturated carbocycles. The quantitative estimate of drug-likeness (QED) is 0.724. The van der Waals surface area contributed by atoms with Gasteiger partial charge < -0.3 is 14.6 Å². The average Bonchev–Trinajstić information content (AvgIpc) is 2.54. The fourth-order valence-corrected chi connectivity index (χ4v) is 2.75. The lowest BCUT2D eigenvalue weighted by atomic mass is 9.89. The van der Waals surface area contributed by atoms with Crippen molar-refractivity contribution < 1.29 is 19.4 Å². The molecule has 1 aromatic heterocycles. The molecule has 0 aliphatic heterocycles. The molecule has 116 valence electrons. The van der Waals surface area contributed by atoms with Gasteiger partial charge in [0.1, 0.15) is 11.3 Å². The van der Waals surface area contributed by atoms with Crippen molar-refractivity contribution in [2.24, 2.45) is 0 Å². The largest absolute Gasteiger partial charge is 0.507 e. The van der Waals surface area contributed by atoms with Gasteiger partial charge in [0, 0.05) is 5.92 Å². The normalized spacial score (nSPS) is 12.2. The van der Waals surface area contributed by atoms with Gasteiger partial charge in [-0.15, -0.1) is 0 Å². The predicted octanol–water partition coefficient (Wildman–Crippen LogP) is 3.35. The summed E-state index contributed by atoms with van der Waals surface area (Å²) in [5.74, 6) is -1.88. The summed E-state index contributed by atoms with van der Waals surface area (Å²) in [5.41, 5.74) is 0.202. The molecule has 1 heterocycles. The molecule has 3 aromatic rings. The molecule has 0 fully saturated rings. The smallest absolute Gasteiger partial charge is 0.343 e. The van der Waals surface area contributed by atoms with Crippen LogP contribution in [0.4, 0.5) is 0 Å². The number of para-hydroxylation sites is 1. The zero-order chi connectivity index (χ0) is 16.6. The fraction of sp³-hybridized carbons (Fsp3) is 0.111. The van der Waals surface area contributed by atoms with Gasteiger partial charge >= 0.3 is 11.6 Å². The number of hydrogen-bond donors (Lipinski definition) is 2. The summed E-state index contributed by atoms with van der Waals surface area (Å²) in [7, 11) is 0. The Bertz CT molecular complexity index is 955. The van der Waals surface area contributed by atoms with E-state index in [1.54, 1.807) is 49.4 Å². The number of carboxylic acids is 1. The zero-order valence-electron chi connectivity index (χ0n) is 12.3. The standard InChI is InChI=1S/C18H14O5/c1-10(11-6-2-3-7-12(11)17(20)21)15-16(19)13-8-4-5-9-14(13)23-18(15)22/h2-10,19H,1H3,(H,20,21). The van der Waals surface area contributed by atoms with Gasteiger partial charge in [0.2, 0.25) is 0 Å². The van der Waals surface area contributed by atoms with Crippen LogP contribution in [-0.2, 0) is 0 Å². The molecule has 5 heteroatoms. The molecule has 3 rings (SSSR count). The third kappa shape index (κ3) is 2.46. The molecule has 0 aliphatic rings. The lowest BCUT2D eigenvalue weighted by molar-refractivity contribution is 0.0695. The summed E-state index contributed by atoms with van der Waals surface area (Å²) < 4.78 is 5.25. The minimum Gasteiger partial charge on any atom is -0.507 e. The SMILES string of the molecule is CC(c1ccccc1C(=O)O)c1c(O)c2ccccc2oc1=O. The first-order valence-electron chi connectivity index (χ1n) is 7.07. The molecule has 0 saturated heterocycles. The monoisotopic (exact) mass is 310 g/mol. The second kappa shape index (κ2) is 5.61. The molecule has 5 nitrogen and oxygen atoms in total. The fourth-order valence-electron chi connectivity index (χ4n) is 2.75. The van der Waals surface area contributed by atoms with Crippen LogP contribution in [0.1, 0.15) is 34.3 Å². The zero-order valence-corrected chi connectivity index (χ0v) is 12.3. The third-order valence-corrected chi connectivity index (χ3v) is 3.91. The molecule has 0 spiro atoms. The van der Waals surface area contributed by atoms with E-state index < -0.39 is 17.5 Å². The van der Waals surface area contributed by atoms with Crippen LogP contribution in [0.3, 0.4) is 0 Å². The van der Waals surface area contributed by atoms with Crippen LogP contribution in [-0.4, -0.2) is 16.2 Å². The molecular formula is C18H14O5. The maximum Gasteiger partial charge on any atom is 0.343 e. The van der Waals surface area contributed by atoms with Crippen molar-refractivity contribution in [2.75, 3.05) is 0 Å². The number of hydrogen-bond acceptors (Lipinski definition) is 4. The van der Waals surface area contributed by atoms with E-state index in [1.807, 2.05) is 0 Å². The molecule has 2 aromatic carbocycles. The number of aromatic hydroxyl groups is 1. The minimum absolute atomic E-state index is 0.0531. The van der Waals surface area contributed by atoms with Gasteiger partial charge in [0.05, 0.1) is 16.5 Å². The second-order valence-electron chi connectivity index (χ2n) is 5.26. The van der Waals surface area contributed by atoms with Crippen molar-refractivity contribution in [3.05, 3.63) is 75.6 Å². The Morgan fingerprint density at radius 2 is 1.74 bits per heavy atom. The van der Waals surface area contributed by atoms with Crippen LogP contribution in [0.2, 0.25) is 0 Å². The first-order valence-corrected chi connectivity index (χ1v) is 7.07. The van der Waals surface area contributed by atoms with E-state index in [2.05, 4.69) is 0 Å². The van der Waals surface area contributed by atoms with E-state index in [-0.39, 0.29) is 22.5 Å². The average molecular weight is 310 g/mol. The summed E-state index contributed by atoms with van der Waals surface area (Å²) in [4.78, 5) is 23.7. The Morgan fingerprint density at radius 3 is 2.48 bits per heavy atom. The second-order valence-corrected chi connectivity index (χ2v) is 5.26. The van der Waals surface area contributed by atoms with Crippen LogP contribution in [0.25, 0.3) is 11.0 Å². The molecule has 1 unspecified atom stereocenters. The van der Waals surface area contributed by atoms with Gasteiger partial charge in [-0.25, -0.2) is 9.59 Å². The van der Waals surface area contributed by atoms with E-state index in [9.17, 15) is 19.8 Å². The Morgan fingerprint density at radius 1 is 1.09 bits per heavy atom. The summed E-state index contributed by atoms with van der Waals surface area (Å²) in [5, 5.41) is 20.2. The van der Waals surface area contributed by atoms with Crippen LogP contribution in [0, 0.1) is 0 Å². The summed E-state index contributed by atoms with van der Waals surface area (Å²) in [6.07, 6.45) is 0. The molecular weight excluding hydrogens is 296 g/mol. The topological polar surface area (TPSA) is 87.7 Å². The van der Waals surface area contributed by atoms with E-state index in [0.717, 1.165) is 0 Å². The molecule has 0 bridgehead atoms. The molecule has 1 atom stereocenters. The molecule has 0 amide bonds. The van der Waals surface area contributed by atoms with Gasteiger partial charge in [-0.05, 0) is 23.8 Å². The third-order valence-electron chi connectivity index (χ3n) is 3.91. The van der Waals surface area contributed by atoms with Crippen molar-refractivity contribution in [2.45, 2.75) is 12.8 Å². The Kier molecular flexibility index (Phi) is 3.62. The van der Waals surface area contributed by atoms with Gasteiger partial charge in [-0.1, -0.05) is 37.3 Å². The summed E-state index contributed by atoms with van der Waals surface area (Å²) in [6, 6.07) is 13.1. The van der Waals surface area contributed by atoms with Gasteiger partial charge in [0.25, 0.3) is 0 Å². The molecule has 0 radical (unpaired) electrons. The van der Waals surface area contributed by atoms with E-state index in [1.165, 1.54) is 6.07 Å². The van der Waals surface area contributed by atoms with Crippen LogP contribution >= 0.6 is 0 Å². The highest BCUT2D eigenvalue weighted by molar-refractivity contribution is 5.90. The number of benzene rings is 2. The Labute approximate surface area is 131 Å². The number of aromatic carboxylic acids is 1. The number of fused-ring (bicyclic) bond motifs is 1. The Balaban J connectivity index is 2.25. The highest BCUT2D eigenvalue weighted by atomic mass is 16.4. The van der Waals surface area contributed by atoms with Crippen molar-refractivity contribution in [3.8, 4) is 5.75 Å². The highest BCUT2D eigenvalue weighted by Crippen LogP contribution is 2.34. The molecule has 2 N–H and O–H groups in total. The lowest BCUT2D eigenvalue weighted by Gasteiger charge is -2.15. The first kappa shape index (κ1) is 14.8. The maximum absolute atomic E-state index is 12.3. The van der Waals surface area contributed by atoms with Crippen molar-refractivity contribution in [1.29, 1.82) is 0 Å². The van der Waals surface area contributed by atoms with Gasteiger partial charge in [-0.3, -0.25) is 0 Å². The van der Waals surface area contributed by atoms with Crippen LogP contribution in [0.15, 0.2) is 57.7 Å².